The molecule has 0 radical (unpaired) electrons. The fourth-order valence-electron chi connectivity index (χ4n) is 3.48. The lowest BCUT2D eigenvalue weighted by Crippen LogP contribution is -2.31. The highest BCUT2D eigenvalue weighted by molar-refractivity contribution is 6.30. The maximum atomic E-state index is 14.0. The third-order valence-corrected chi connectivity index (χ3v) is 5.59. The summed E-state index contributed by atoms with van der Waals surface area (Å²) < 4.78 is 74.6. The fraction of sp³-hybridized carbons (Fsp3) is 0.280. The molecule has 0 saturated carbocycles. The molecular weight excluding hydrogens is 463 g/mol. The van der Waals surface area contributed by atoms with E-state index in [-0.39, 0.29) is 12.0 Å². The van der Waals surface area contributed by atoms with Crippen molar-refractivity contribution in [1.82, 2.24) is 0 Å². The first-order valence-electron chi connectivity index (χ1n) is 10.2. The molecule has 0 saturated heterocycles. The van der Waals surface area contributed by atoms with Gasteiger partial charge in [0.1, 0.15) is 17.2 Å². The van der Waals surface area contributed by atoms with Gasteiger partial charge in [-0.3, -0.25) is 0 Å². The summed E-state index contributed by atoms with van der Waals surface area (Å²) in [4.78, 5) is 0. The van der Waals surface area contributed by atoms with Crippen molar-refractivity contribution in [3.05, 3.63) is 88.9 Å². The van der Waals surface area contributed by atoms with Crippen LogP contribution < -0.4 is 9.47 Å². The smallest absolute Gasteiger partial charge is 0.457 e. The number of aryl methyl sites for hydroxylation is 1. The van der Waals surface area contributed by atoms with Crippen molar-refractivity contribution in [3.63, 3.8) is 0 Å². The minimum atomic E-state index is -4.83. The van der Waals surface area contributed by atoms with E-state index in [0.717, 1.165) is 17.7 Å². The molecule has 0 heterocycles. The van der Waals surface area contributed by atoms with Gasteiger partial charge in [-0.1, -0.05) is 42.8 Å². The van der Waals surface area contributed by atoms with Crippen LogP contribution in [0, 0.1) is 0 Å². The lowest BCUT2D eigenvalue weighted by molar-refractivity contribution is -0.274. The molecule has 0 amide bonds. The summed E-state index contributed by atoms with van der Waals surface area (Å²) in [6.07, 6.45) is -6.39. The van der Waals surface area contributed by atoms with Gasteiger partial charge in [0.2, 0.25) is 6.43 Å². The Balaban J connectivity index is 1.64. The average Bonchev–Trinajstić information content (AvgIpc) is 2.75. The molecule has 33 heavy (non-hydrogen) atoms. The Hall–Kier alpha value is -2.80. The van der Waals surface area contributed by atoms with Gasteiger partial charge in [-0.15, -0.1) is 13.2 Å². The standard InChI is InChI=1S/C25H22ClF5O2/c1-24(23(27)28,18-7-11-21(12-8-18)33-25(29,30)31)15-3-5-17-4-2-6-22(16-17)32-20-13-9-19(26)10-14-20/h2,4,6-14,16,23H,3,5,15H2,1H3. The highest BCUT2D eigenvalue weighted by Crippen LogP contribution is 2.37. The molecule has 1 unspecified atom stereocenters. The van der Waals surface area contributed by atoms with Gasteiger partial charge in [-0.05, 0) is 78.9 Å². The Kier molecular flexibility index (Phi) is 7.84. The number of hydrogen-bond acceptors (Lipinski definition) is 2. The van der Waals surface area contributed by atoms with Gasteiger partial charge in [0, 0.05) is 5.02 Å². The normalized spacial score (nSPS) is 13.6. The second-order valence-electron chi connectivity index (χ2n) is 7.85. The summed E-state index contributed by atoms with van der Waals surface area (Å²) in [5, 5.41) is 0.598. The summed E-state index contributed by atoms with van der Waals surface area (Å²) in [7, 11) is 0. The number of rotatable bonds is 9. The highest BCUT2D eigenvalue weighted by atomic mass is 35.5. The summed E-state index contributed by atoms with van der Waals surface area (Å²) in [5.41, 5.74) is -0.326. The largest absolute Gasteiger partial charge is 0.573 e. The molecular formula is C25H22ClF5O2. The van der Waals surface area contributed by atoms with E-state index in [4.69, 9.17) is 16.3 Å². The van der Waals surface area contributed by atoms with Crippen LogP contribution in [0.4, 0.5) is 22.0 Å². The van der Waals surface area contributed by atoms with Gasteiger partial charge >= 0.3 is 6.36 Å². The Morgan fingerprint density at radius 3 is 2.09 bits per heavy atom. The van der Waals surface area contributed by atoms with E-state index in [9.17, 15) is 22.0 Å². The molecule has 0 aliphatic rings. The number of alkyl halides is 5. The van der Waals surface area contributed by atoms with E-state index in [2.05, 4.69) is 4.74 Å². The van der Waals surface area contributed by atoms with Crippen LogP contribution >= 0.6 is 11.6 Å². The molecule has 2 nitrogen and oxygen atoms in total. The number of ether oxygens (including phenoxy) is 2. The molecule has 0 aliphatic carbocycles. The van der Waals surface area contributed by atoms with Crippen molar-refractivity contribution in [2.45, 2.75) is 44.4 Å². The van der Waals surface area contributed by atoms with Crippen molar-refractivity contribution in [3.8, 4) is 17.2 Å². The first-order chi connectivity index (χ1) is 15.5. The van der Waals surface area contributed by atoms with E-state index in [1.165, 1.54) is 19.1 Å². The monoisotopic (exact) mass is 484 g/mol. The van der Waals surface area contributed by atoms with E-state index in [0.29, 0.717) is 29.4 Å². The zero-order chi connectivity index (χ0) is 24.1. The number of benzene rings is 3. The minimum absolute atomic E-state index is 0.145. The molecule has 0 bridgehead atoms. The quantitative estimate of drug-likeness (QED) is 0.283. The molecule has 1 atom stereocenters. The molecule has 0 spiro atoms. The second-order valence-corrected chi connectivity index (χ2v) is 8.28. The van der Waals surface area contributed by atoms with Crippen LogP contribution in [0.3, 0.4) is 0 Å². The molecule has 176 valence electrons. The third-order valence-electron chi connectivity index (χ3n) is 5.34. The van der Waals surface area contributed by atoms with Gasteiger partial charge in [0.25, 0.3) is 0 Å². The fourth-order valence-corrected chi connectivity index (χ4v) is 3.61. The molecule has 0 aliphatic heterocycles. The lowest BCUT2D eigenvalue weighted by atomic mass is 9.78. The third kappa shape index (κ3) is 7.09. The SMILES string of the molecule is CC(CCCc1cccc(Oc2ccc(Cl)cc2)c1)(c1ccc(OC(F)(F)F)cc1)C(F)F. The second kappa shape index (κ2) is 10.4. The molecule has 0 aromatic heterocycles. The van der Waals surface area contributed by atoms with Crippen LogP contribution in [0.2, 0.25) is 5.02 Å². The molecule has 0 N–H and O–H groups in total. The van der Waals surface area contributed by atoms with Crippen LogP contribution in [-0.2, 0) is 11.8 Å². The molecule has 3 aromatic carbocycles. The van der Waals surface area contributed by atoms with Crippen molar-refractivity contribution in [1.29, 1.82) is 0 Å². The first kappa shape index (κ1) is 24.8. The van der Waals surface area contributed by atoms with Crippen LogP contribution in [-0.4, -0.2) is 12.8 Å². The number of hydrogen-bond donors (Lipinski definition) is 0. The van der Waals surface area contributed by atoms with Crippen molar-refractivity contribution < 1.29 is 31.4 Å². The van der Waals surface area contributed by atoms with Gasteiger partial charge in [0.15, 0.2) is 0 Å². The Bertz CT molecular complexity index is 1040. The Morgan fingerprint density at radius 1 is 0.848 bits per heavy atom. The van der Waals surface area contributed by atoms with Crippen LogP contribution in [0.5, 0.6) is 17.2 Å². The van der Waals surface area contributed by atoms with Gasteiger partial charge < -0.3 is 9.47 Å². The maximum absolute atomic E-state index is 14.0. The van der Waals surface area contributed by atoms with Crippen molar-refractivity contribution in [2.75, 3.05) is 0 Å². The van der Waals surface area contributed by atoms with Gasteiger partial charge in [0.05, 0.1) is 5.41 Å². The predicted octanol–water partition coefficient (Wildman–Crippen LogP) is 8.58. The van der Waals surface area contributed by atoms with Crippen molar-refractivity contribution in [2.24, 2.45) is 0 Å². The minimum Gasteiger partial charge on any atom is -0.457 e. The molecule has 0 fully saturated rings. The summed E-state index contributed by atoms with van der Waals surface area (Å²) in [6.45, 7) is 1.41. The van der Waals surface area contributed by atoms with Crippen molar-refractivity contribution >= 4 is 11.6 Å². The molecule has 3 rings (SSSR count). The predicted molar refractivity (Wildman–Crippen MR) is 117 cm³/mol. The van der Waals surface area contributed by atoms with Gasteiger partial charge in [-0.2, -0.15) is 0 Å². The molecule has 3 aromatic rings. The average molecular weight is 485 g/mol. The van der Waals surface area contributed by atoms with Crippen LogP contribution in [0.1, 0.15) is 30.9 Å². The topological polar surface area (TPSA) is 18.5 Å². The van der Waals surface area contributed by atoms with Crippen LogP contribution in [0.15, 0.2) is 72.8 Å². The van der Waals surface area contributed by atoms with E-state index < -0.39 is 24.0 Å². The zero-order valence-corrected chi connectivity index (χ0v) is 18.5. The summed E-state index contributed by atoms with van der Waals surface area (Å²) in [5.74, 6) is 0.798. The van der Waals surface area contributed by atoms with E-state index >= 15 is 0 Å². The van der Waals surface area contributed by atoms with E-state index in [1.807, 2.05) is 18.2 Å². The van der Waals surface area contributed by atoms with E-state index in [1.54, 1.807) is 30.3 Å². The van der Waals surface area contributed by atoms with Crippen LogP contribution in [0.25, 0.3) is 0 Å². The lowest BCUT2D eigenvalue weighted by Gasteiger charge is -2.29. The first-order valence-corrected chi connectivity index (χ1v) is 10.6. The molecule has 8 heteroatoms. The summed E-state index contributed by atoms with van der Waals surface area (Å²) in [6, 6.07) is 18.9. The Morgan fingerprint density at radius 2 is 1.48 bits per heavy atom. The highest BCUT2D eigenvalue weighted by Gasteiger charge is 2.37. The van der Waals surface area contributed by atoms with Gasteiger partial charge in [-0.25, -0.2) is 8.78 Å². The zero-order valence-electron chi connectivity index (χ0n) is 17.7. The maximum Gasteiger partial charge on any atom is 0.573 e. The summed E-state index contributed by atoms with van der Waals surface area (Å²) >= 11 is 5.87. The number of halogens is 6. The Labute approximate surface area is 193 Å².